The Bertz CT molecular complexity index is 948. The minimum Gasteiger partial charge on any atom is -0.331 e. The topological polar surface area (TPSA) is 54.0 Å². The van der Waals surface area contributed by atoms with Gasteiger partial charge >= 0.3 is 0 Å². The molecule has 0 atom stereocenters. The summed E-state index contributed by atoms with van der Waals surface area (Å²) in [5, 5.41) is 8.81. The van der Waals surface area contributed by atoms with Crippen LogP contribution in [0, 0.1) is 11.7 Å². The van der Waals surface area contributed by atoms with Gasteiger partial charge < -0.3 is 10.6 Å². The molecule has 4 rings (SSSR count). The summed E-state index contributed by atoms with van der Waals surface area (Å²) in [6.07, 6.45) is 5.51. The number of thiazole rings is 1. The molecule has 1 aromatic heterocycles. The van der Waals surface area contributed by atoms with Crippen LogP contribution < -0.4 is 10.6 Å². The van der Waals surface area contributed by atoms with E-state index in [1.54, 1.807) is 12.1 Å². The number of hydrogen-bond acceptors (Lipinski definition) is 4. The minimum atomic E-state index is -0.285. The van der Waals surface area contributed by atoms with E-state index in [4.69, 9.17) is 0 Å². The van der Waals surface area contributed by atoms with Crippen LogP contribution in [0.5, 0.6) is 0 Å². The van der Waals surface area contributed by atoms with Crippen molar-refractivity contribution >= 4 is 33.8 Å². The van der Waals surface area contributed by atoms with Crippen LogP contribution in [0.25, 0.3) is 11.3 Å². The highest BCUT2D eigenvalue weighted by molar-refractivity contribution is 7.14. The molecular weight excluding hydrogens is 373 g/mol. The van der Waals surface area contributed by atoms with E-state index >= 15 is 0 Å². The first-order valence-corrected chi connectivity index (χ1v) is 10.4. The summed E-state index contributed by atoms with van der Waals surface area (Å²) in [7, 11) is 0. The van der Waals surface area contributed by atoms with E-state index in [-0.39, 0.29) is 17.6 Å². The number of nitrogens with zero attached hydrogens (tertiary/aromatic N) is 1. The number of nitrogens with one attached hydrogen (secondary N) is 2. The molecule has 28 heavy (non-hydrogen) atoms. The summed E-state index contributed by atoms with van der Waals surface area (Å²) in [4.78, 5) is 16.9. The normalized spacial score (nSPS) is 14.6. The van der Waals surface area contributed by atoms with Crippen molar-refractivity contribution in [3.05, 3.63) is 59.7 Å². The summed E-state index contributed by atoms with van der Waals surface area (Å²) >= 11 is 1.46. The lowest BCUT2D eigenvalue weighted by Crippen LogP contribution is -2.24. The highest BCUT2D eigenvalue weighted by atomic mass is 32.1. The Morgan fingerprint density at radius 3 is 2.57 bits per heavy atom. The predicted octanol–water partition coefficient (Wildman–Crippen LogP) is 6.21. The molecule has 0 unspecified atom stereocenters. The number of benzene rings is 2. The van der Waals surface area contributed by atoms with Crippen molar-refractivity contribution in [2.45, 2.75) is 32.1 Å². The Labute approximate surface area is 167 Å². The predicted molar refractivity (Wildman–Crippen MR) is 112 cm³/mol. The van der Waals surface area contributed by atoms with Crippen molar-refractivity contribution in [2.75, 3.05) is 10.6 Å². The van der Waals surface area contributed by atoms with E-state index in [0.717, 1.165) is 42.6 Å². The summed E-state index contributed by atoms with van der Waals surface area (Å²) in [5.41, 5.74) is 3.29. The van der Waals surface area contributed by atoms with Crippen molar-refractivity contribution in [3.8, 4) is 11.3 Å². The van der Waals surface area contributed by atoms with Crippen molar-refractivity contribution in [1.29, 1.82) is 0 Å². The molecule has 1 saturated carbocycles. The molecular formula is C22H22FN3OS. The Balaban J connectivity index is 1.40. The molecule has 1 aliphatic carbocycles. The van der Waals surface area contributed by atoms with Gasteiger partial charge in [-0.15, -0.1) is 11.3 Å². The van der Waals surface area contributed by atoms with Gasteiger partial charge in [0.2, 0.25) is 5.91 Å². The fraction of sp³-hybridized carbons (Fsp3) is 0.273. The van der Waals surface area contributed by atoms with Gasteiger partial charge in [0.15, 0.2) is 5.13 Å². The Hall–Kier alpha value is -2.73. The highest BCUT2D eigenvalue weighted by Gasteiger charge is 2.21. The molecule has 2 aromatic carbocycles. The van der Waals surface area contributed by atoms with Gasteiger partial charge in [0.25, 0.3) is 0 Å². The average molecular weight is 396 g/mol. The zero-order chi connectivity index (χ0) is 19.3. The van der Waals surface area contributed by atoms with E-state index in [1.165, 1.54) is 29.9 Å². The second-order valence-corrected chi connectivity index (χ2v) is 7.93. The van der Waals surface area contributed by atoms with Crippen molar-refractivity contribution in [1.82, 2.24) is 4.98 Å². The summed E-state index contributed by atoms with van der Waals surface area (Å²) in [5.74, 6) is -0.0150. The lowest BCUT2D eigenvalue weighted by atomic mass is 9.88. The molecule has 0 aliphatic heterocycles. The van der Waals surface area contributed by atoms with E-state index in [2.05, 4.69) is 15.6 Å². The minimum absolute atomic E-state index is 0.127. The van der Waals surface area contributed by atoms with Crippen molar-refractivity contribution < 1.29 is 9.18 Å². The van der Waals surface area contributed by atoms with Gasteiger partial charge in [-0.25, -0.2) is 9.37 Å². The number of anilines is 3. The van der Waals surface area contributed by atoms with Gasteiger partial charge in [-0.2, -0.15) is 0 Å². The molecule has 2 N–H and O–H groups in total. The van der Waals surface area contributed by atoms with E-state index in [9.17, 15) is 9.18 Å². The molecule has 1 aliphatic rings. The van der Waals surface area contributed by atoms with E-state index in [1.807, 2.05) is 29.6 Å². The van der Waals surface area contributed by atoms with Crippen LogP contribution in [0.2, 0.25) is 0 Å². The van der Waals surface area contributed by atoms with Crippen molar-refractivity contribution in [2.24, 2.45) is 5.92 Å². The Kier molecular flexibility index (Phi) is 5.67. The quantitative estimate of drug-likeness (QED) is 0.540. The lowest BCUT2D eigenvalue weighted by Gasteiger charge is -2.20. The highest BCUT2D eigenvalue weighted by Crippen LogP contribution is 2.29. The first-order chi connectivity index (χ1) is 13.7. The van der Waals surface area contributed by atoms with Crippen LogP contribution in [0.15, 0.2) is 53.9 Å². The van der Waals surface area contributed by atoms with Crippen LogP contribution >= 0.6 is 11.3 Å². The molecule has 1 heterocycles. The molecule has 0 spiro atoms. The largest absolute Gasteiger partial charge is 0.331 e. The Morgan fingerprint density at radius 1 is 1.04 bits per heavy atom. The van der Waals surface area contributed by atoms with Gasteiger partial charge in [0.1, 0.15) is 5.82 Å². The van der Waals surface area contributed by atoms with Crippen molar-refractivity contribution in [3.63, 3.8) is 0 Å². The fourth-order valence-electron chi connectivity index (χ4n) is 3.49. The summed E-state index contributed by atoms with van der Waals surface area (Å²) in [6, 6.07) is 14.0. The lowest BCUT2D eigenvalue weighted by molar-refractivity contribution is -0.120. The second-order valence-electron chi connectivity index (χ2n) is 7.07. The molecule has 3 aromatic rings. The van der Waals surface area contributed by atoms with Gasteiger partial charge in [0, 0.05) is 28.2 Å². The maximum Gasteiger partial charge on any atom is 0.227 e. The van der Waals surface area contributed by atoms with Crippen LogP contribution in [0.3, 0.4) is 0 Å². The smallest absolute Gasteiger partial charge is 0.227 e. The standard InChI is InChI=1S/C22H22FN3OS/c23-17-7-4-8-19(13-17)25-22-26-20(14-28-22)15-9-11-18(12-10-15)24-21(27)16-5-2-1-3-6-16/h4,7-14,16H,1-3,5-6H2,(H,24,27)(H,25,26). The van der Waals surface area contributed by atoms with E-state index < -0.39 is 0 Å². The summed E-state index contributed by atoms with van der Waals surface area (Å²) in [6.45, 7) is 0. The fourth-order valence-corrected chi connectivity index (χ4v) is 4.23. The molecule has 1 fully saturated rings. The Morgan fingerprint density at radius 2 is 1.82 bits per heavy atom. The number of amides is 1. The molecule has 4 nitrogen and oxygen atoms in total. The molecule has 0 bridgehead atoms. The molecule has 1 amide bonds. The number of rotatable bonds is 5. The summed E-state index contributed by atoms with van der Waals surface area (Å²) < 4.78 is 13.3. The number of aromatic nitrogens is 1. The zero-order valence-electron chi connectivity index (χ0n) is 15.5. The van der Waals surface area contributed by atoms with E-state index in [0.29, 0.717) is 10.8 Å². The first-order valence-electron chi connectivity index (χ1n) is 9.57. The maximum atomic E-state index is 13.3. The monoisotopic (exact) mass is 395 g/mol. The zero-order valence-corrected chi connectivity index (χ0v) is 16.3. The first kappa shape index (κ1) is 18.6. The van der Waals surface area contributed by atoms with Crippen LogP contribution in [0.1, 0.15) is 32.1 Å². The van der Waals surface area contributed by atoms with Gasteiger partial charge in [-0.05, 0) is 43.2 Å². The molecule has 144 valence electrons. The average Bonchev–Trinajstić information content (AvgIpc) is 3.18. The van der Waals surface area contributed by atoms with Gasteiger partial charge in [-0.3, -0.25) is 4.79 Å². The number of hydrogen-bond donors (Lipinski definition) is 2. The maximum absolute atomic E-state index is 13.3. The van der Waals surface area contributed by atoms with Crippen LogP contribution in [-0.2, 0) is 4.79 Å². The van der Waals surface area contributed by atoms with Crippen LogP contribution in [0.4, 0.5) is 20.9 Å². The number of carbonyl (C=O) groups excluding carboxylic acids is 1. The number of carbonyl (C=O) groups is 1. The molecule has 0 saturated heterocycles. The third-order valence-electron chi connectivity index (χ3n) is 5.00. The number of halogens is 1. The third-order valence-corrected chi connectivity index (χ3v) is 5.76. The molecule has 6 heteroatoms. The SMILES string of the molecule is O=C(Nc1ccc(-c2csc(Nc3cccc(F)c3)n2)cc1)C1CCCCC1. The van der Waals surface area contributed by atoms with Gasteiger partial charge in [-0.1, -0.05) is 37.5 Å². The van der Waals surface area contributed by atoms with Crippen LogP contribution in [-0.4, -0.2) is 10.9 Å². The van der Waals surface area contributed by atoms with Gasteiger partial charge in [0.05, 0.1) is 5.69 Å². The second kappa shape index (κ2) is 8.52. The molecule has 0 radical (unpaired) electrons. The third kappa shape index (κ3) is 4.57.